The predicted octanol–water partition coefficient (Wildman–Crippen LogP) is 1.73. The van der Waals surface area contributed by atoms with E-state index in [1.54, 1.807) is 18.2 Å². The fraction of sp³-hybridized carbons (Fsp3) is 0.529. The number of nitrogens with one attached hydrogen (secondary N) is 2. The van der Waals surface area contributed by atoms with Gasteiger partial charge >= 0.3 is 0 Å². The maximum absolute atomic E-state index is 12.4. The molecule has 0 bridgehead atoms. The van der Waals surface area contributed by atoms with Gasteiger partial charge in [-0.05, 0) is 44.7 Å². The Kier molecular flexibility index (Phi) is 5.77. The van der Waals surface area contributed by atoms with Crippen molar-refractivity contribution in [3.8, 4) is 6.07 Å². The molecule has 0 radical (unpaired) electrons. The summed E-state index contributed by atoms with van der Waals surface area (Å²) in [6, 6.07) is 9.20. The summed E-state index contributed by atoms with van der Waals surface area (Å²) in [6.45, 7) is 4.12. The lowest BCUT2D eigenvalue weighted by atomic mass is 10.1. The number of amides is 1. The molecular formula is C17H24N3O+. The maximum Gasteiger partial charge on any atom is 0.282 e. The van der Waals surface area contributed by atoms with Gasteiger partial charge < -0.3 is 10.2 Å². The highest BCUT2D eigenvalue weighted by Gasteiger charge is 2.25. The highest BCUT2D eigenvalue weighted by molar-refractivity contribution is 5.94. The van der Waals surface area contributed by atoms with Crippen LogP contribution in [-0.2, 0) is 4.79 Å². The highest BCUT2D eigenvalue weighted by Crippen LogP contribution is 2.13. The van der Waals surface area contributed by atoms with Crippen LogP contribution in [0.2, 0.25) is 0 Å². The van der Waals surface area contributed by atoms with Crippen molar-refractivity contribution in [3.05, 3.63) is 29.8 Å². The van der Waals surface area contributed by atoms with Crippen LogP contribution in [0.4, 0.5) is 5.69 Å². The van der Waals surface area contributed by atoms with Crippen molar-refractivity contribution >= 4 is 11.6 Å². The molecule has 1 aliphatic heterocycles. The molecule has 1 amide bonds. The van der Waals surface area contributed by atoms with Crippen LogP contribution in [-0.4, -0.2) is 25.0 Å². The molecule has 21 heavy (non-hydrogen) atoms. The Hall–Kier alpha value is -1.86. The molecule has 1 heterocycles. The third-order valence-corrected chi connectivity index (χ3v) is 4.31. The zero-order valence-electron chi connectivity index (χ0n) is 12.7. The van der Waals surface area contributed by atoms with Gasteiger partial charge in [-0.1, -0.05) is 18.6 Å². The van der Waals surface area contributed by atoms with E-state index in [4.69, 9.17) is 5.26 Å². The normalized spacial score (nSPS) is 18.1. The van der Waals surface area contributed by atoms with Crippen molar-refractivity contribution in [2.45, 2.75) is 45.1 Å². The summed E-state index contributed by atoms with van der Waals surface area (Å²) in [5.74, 6) is 0.00766. The van der Waals surface area contributed by atoms with E-state index in [1.807, 2.05) is 13.0 Å². The van der Waals surface area contributed by atoms with Gasteiger partial charge in [-0.3, -0.25) is 4.79 Å². The van der Waals surface area contributed by atoms with E-state index in [1.165, 1.54) is 37.0 Å². The molecule has 1 aromatic carbocycles. The van der Waals surface area contributed by atoms with Gasteiger partial charge in [-0.25, -0.2) is 0 Å². The summed E-state index contributed by atoms with van der Waals surface area (Å²) < 4.78 is 0. The number of benzene rings is 1. The smallest absolute Gasteiger partial charge is 0.282 e. The van der Waals surface area contributed by atoms with Crippen LogP contribution in [0.15, 0.2) is 24.3 Å². The van der Waals surface area contributed by atoms with E-state index >= 15 is 0 Å². The van der Waals surface area contributed by atoms with Gasteiger partial charge in [0.1, 0.15) is 6.07 Å². The summed E-state index contributed by atoms with van der Waals surface area (Å²) in [4.78, 5) is 13.8. The molecule has 1 aromatic rings. The Morgan fingerprint density at radius 3 is 2.48 bits per heavy atom. The number of carbonyl (C=O) groups excluding carboxylic acids is 1. The SMILES string of the molecule is C[C@@H](C(=O)Nc1ccccc1C#N)[NH+]1CCCCCCC1. The monoisotopic (exact) mass is 286 g/mol. The van der Waals surface area contributed by atoms with E-state index in [9.17, 15) is 4.79 Å². The lowest BCUT2D eigenvalue weighted by Crippen LogP contribution is -3.16. The first-order chi connectivity index (χ1) is 10.2. The van der Waals surface area contributed by atoms with Crippen molar-refractivity contribution in [3.63, 3.8) is 0 Å². The van der Waals surface area contributed by atoms with E-state index in [0.29, 0.717) is 11.3 Å². The van der Waals surface area contributed by atoms with Gasteiger partial charge in [0.15, 0.2) is 6.04 Å². The minimum atomic E-state index is -0.0742. The Bertz CT molecular complexity index is 513. The van der Waals surface area contributed by atoms with Crippen molar-refractivity contribution in [1.82, 2.24) is 0 Å². The number of hydrogen-bond donors (Lipinski definition) is 2. The van der Waals surface area contributed by atoms with Gasteiger partial charge in [0.2, 0.25) is 0 Å². The summed E-state index contributed by atoms with van der Waals surface area (Å²) in [5, 5.41) is 12.0. The first-order valence-electron chi connectivity index (χ1n) is 7.87. The molecule has 1 fully saturated rings. The van der Waals surface area contributed by atoms with Crippen molar-refractivity contribution in [1.29, 1.82) is 5.26 Å². The third kappa shape index (κ3) is 4.30. The molecule has 1 saturated heterocycles. The molecule has 0 saturated carbocycles. The van der Waals surface area contributed by atoms with E-state index in [-0.39, 0.29) is 11.9 Å². The van der Waals surface area contributed by atoms with E-state index in [0.717, 1.165) is 13.1 Å². The lowest BCUT2D eigenvalue weighted by Gasteiger charge is -2.27. The average molecular weight is 286 g/mol. The number of anilines is 1. The summed E-state index contributed by atoms with van der Waals surface area (Å²) in [7, 11) is 0. The topological polar surface area (TPSA) is 57.3 Å². The Morgan fingerprint density at radius 2 is 1.81 bits per heavy atom. The van der Waals surface area contributed by atoms with E-state index in [2.05, 4.69) is 11.4 Å². The molecule has 4 nitrogen and oxygen atoms in total. The second-order valence-electron chi connectivity index (χ2n) is 5.79. The Labute approximate surface area is 126 Å². The van der Waals surface area contributed by atoms with Gasteiger partial charge in [0.25, 0.3) is 5.91 Å². The number of quaternary nitrogens is 1. The fourth-order valence-corrected chi connectivity index (χ4v) is 2.91. The third-order valence-electron chi connectivity index (χ3n) is 4.31. The van der Waals surface area contributed by atoms with Crippen LogP contribution in [0.1, 0.15) is 44.6 Å². The molecule has 2 rings (SSSR count). The molecule has 4 heteroatoms. The maximum atomic E-state index is 12.4. The summed E-state index contributed by atoms with van der Waals surface area (Å²) >= 11 is 0. The zero-order valence-corrected chi connectivity index (χ0v) is 12.7. The second kappa shape index (κ2) is 7.80. The number of rotatable bonds is 3. The van der Waals surface area contributed by atoms with Crippen LogP contribution in [0.5, 0.6) is 0 Å². The van der Waals surface area contributed by atoms with E-state index < -0.39 is 0 Å². The van der Waals surface area contributed by atoms with Gasteiger partial charge in [0, 0.05) is 0 Å². The predicted molar refractivity (Wildman–Crippen MR) is 83.0 cm³/mol. The molecular weight excluding hydrogens is 262 g/mol. The first kappa shape index (κ1) is 15.5. The highest BCUT2D eigenvalue weighted by atomic mass is 16.2. The molecule has 2 N–H and O–H groups in total. The number of nitrogens with zero attached hydrogens (tertiary/aromatic N) is 1. The summed E-state index contributed by atoms with van der Waals surface area (Å²) in [5.41, 5.74) is 1.13. The largest absolute Gasteiger partial charge is 0.325 e. The second-order valence-corrected chi connectivity index (χ2v) is 5.79. The van der Waals surface area contributed by atoms with Crippen molar-refractivity contribution in [2.24, 2.45) is 0 Å². The number of hydrogen-bond acceptors (Lipinski definition) is 2. The number of likely N-dealkylation sites (tertiary alicyclic amines) is 1. The molecule has 0 spiro atoms. The van der Waals surface area contributed by atoms with Gasteiger partial charge in [-0.15, -0.1) is 0 Å². The number of para-hydroxylation sites is 1. The molecule has 1 atom stereocenters. The molecule has 0 aromatic heterocycles. The quantitative estimate of drug-likeness (QED) is 0.889. The van der Waals surface area contributed by atoms with Crippen LogP contribution < -0.4 is 10.2 Å². The molecule has 0 aliphatic carbocycles. The zero-order chi connectivity index (χ0) is 15.1. The summed E-state index contributed by atoms with van der Waals surface area (Å²) in [6.07, 6.45) is 6.26. The van der Waals surface area contributed by atoms with Crippen LogP contribution >= 0.6 is 0 Å². The van der Waals surface area contributed by atoms with Crippen LogP contribution in [0, 0.1) is 11.3 Å². The molecule has 112 valence electrons. The molecule has 0 unspecified atom stereocenters. The minimum Gasteiger partial charge on any atom is -0.325 e. The Morgan fingerprint density at radius 1 is 1.19 bits per heavy atom. The van der Waals surface area contributed by atoms with Crippen LogP contribution in [0.25, 0.3) is 0 Å². The lowest BCUT2D eigenvalue weighted by molar-refractivity contribution is -0.914. The van der Waals surface area contributed by atoms with Crippen LogP contribution in [0.3, 0.4) is 0 Å². The fourth-order valence-electron chi connectivity index (χ4n) is 2.91. The Balaban J connectivity index is 2.00. The standard InChI is InChI=1S/C17H23N3O/c1-14(20-11-7-3-2-4-8-12-20)17(21)19-16-10-6-5-9-15(16)13-18/h5-6,9-10,14H,2-4,7-8,11-12H2,1H3,(H,19,21)/p+1/t14-/m0/s1. The minimum absolute atomic E-state index is 0.00766. The van der Waals surface area contributed by atoms with Crippen molar-refractivity contribution < 1.29 is 9.69 Å². The number of nitriles is 1. The molecule has 1 aliphatic rings. The average Bonchev–Trinajstić information content (AvgIpc) is 2.47. The first-order valence-corrected chi connectivity index (χ1v) is 7.87. The van der Waals surface area contributed by atoms with Gasteiger partial charge in [-0.2, -0.15) is 5.26 Å². The van der Waals surface area contributed by atoms with Gasteiger partial charge in [0.05, 0.1) is 24.3 Å². The number of carbonyl (C=O) groups is 1. The van der Waals surface area contributed by atoms with Crippen molar-refractivity contribution in [2.75, 3.05) is 18.4 Å².